The highest BCUT2D eigenvalue weighted by atomic mass is 32.1. The maximum absolute atomic E-state index is 12.7. The van der Waals surface area contributed by atoms with E-state index in [-0.39, 0.29) is 5.56 Å². The summed E-state index contributed by atoms with van der Waals surface area (Å²) in [6.45, 7) is 6.52. The number of likely N-dealkylation sites (N-methyl/N-ethyl adjacent to an activating group) is 1. The summed E-state index contributed by atoms with van der Waals surface area (Å²) in [5, 5.41) is 4.83. The van der Waals surface area contributed by atoms with Crippen molar-refractivity contribution in [2.24, 2.45) is 0 Å². The first-order valence-electron chi connectivity index (χ1n) is 10.4. The molecule has 2 aromatic carbocycles. The van der Waals surface area contributed by atoms with E-state index in [1.807, 2.05) is 74.4 Å². The predicted octanol–water partition coefficient (Wildman–Crippen LogP) is 4.00. The van der Waals surface area contributed by atoms with Crippen LogP contribution in [0.25, 0.3) is 10.9 Å². The number of nitrogens with one attached hydrogen (secondary N) is 2. The van der Waals surface area contributed by atoms with E-state index in [0.29, 0.717) is 30.4 Å². The normalized spacial score (nSPS) is 11.0. The number of fused-ring (bicyclic) bond motifs is 1. The number of nitrogens with zero attached hydrogens (tertiary/aromatic N) is 2. The Balaban J connectivity index is 1.85. The molecule has 0 unspecified atom stereocenters. The minimum atomic E-state index is -0.107. The van der Waals surface area contributed by atoms with E-state index in [0.717, 1.165) is 28.9 Å². The monoisotopic (exact) mass is 438 g/mol. The van der Waals surface area contributed by atoms with Crippen LogP contribution < -0.4 is 15.6 Å². The first-order valence-corrected chi connectivity index (χ1v) is 10.8. The number of aromatic nitrogens is 1. The zero-order valence-corrected chi connectivity index (χ0v) is 19.4. The Labute approximate surface area is 188 Å². The number of hydrogen-bond donors (Lipinski definition) is 2. The standard InChI is InChI=1S/C24H30N4O2S/c1-5-30-21-10-11-22-18(15-21)14-19(23(29)26-22)16-28(13-12-27(3)4)24(31)25-20-8-6-17(2)7-9-20/h6-11,14-15H,5,12-13,16H2,1-4H3,(H,25,31)(H,26,29). The van der Waals surface area contributed by atoms with Crippen LogP contribution in [0.4, 0.5) is 5.69 Å². The quantitative estimate of drug-likeness (QED) is 0.519. The van der Waals surface area contributed by atoms with Crippen molar-refractivity contribution in [2.45, 2.75) is 20.4 Å². The number of pyridine rings is 1. The summed E-state index contributed by atoms with van der Waals surface area (Å²) in [4.78, 5) is 19.9. The van der Waals surface area contributed by atoms with E-state index in [4.69, 9.17) is 17.0 Å². The summed E-state index contributed by atoms with van der Waals surface area (Å²) in [7, 11) is 4.04. The van der Waals surface area contributed by atoms with Crippen LogP contribution in [0, 0.1) is 6.92 Å². The minimum Gasteiger partial charge on any atom is -0.494 e. The molecule has 0 atom stereocenters. The van der Waals surface area contributed by atoms with Crippen LogP contribution in [0.3, 0.4) is 0 Å². The molecule has 3 rings (SSSR count). The number of aryl methyl sites for hydroxylation is 1. The van der Waals surface area contributed by atoms with Crippen molar-refractivity contribution < 1.29 is 4.74 Å². The lowest BCUT2D eigenvalue weighted by Crippen LogP contribution is -2.40. The van der Waals surface area contributed by atoms with Crippen LogP contribution in [0.15, 0.2) is 53.3 Å². The van der Waals surface area contributed by atoms with Gasteiger partial charge in [0.15, 0.2) is 5.11 Å². The molecule has 31 heavy (non-hydrogen) atoms. The van der Waals surface area contributed by atoms with E-state index in [2.05, 4.69) is 22.1 Å². The number of anilines is 1. The topological polar surface area (TPSA) is 60.6 Å². The third-order valence-corrected chi connectivity index (χ3v) is 5.33. The van der Waals surface area contributed by atoms with Gasteiger partial charge in [-0.25, -0.2) is 0 Å². The van der Waals surface area contributed by atoms with Gasteiger partial charge in [-0.3, -0.25) is 4.79 Å². The Morgan fingerprint density at radius 1 is 1.10 bits per heavy atom. The second-order valence-electron chi connectivity index (χ2n) is 7.83. The van der Waals surface area contributed by atoms with Crippen LogP contribution in [0.1, 0.15) is 18.1 Å². The molecule has 0 bridgehead atoms. The van der Waals surface area contributed by atoms with E-state index in [1.54, 1.807) is 0 Å². The van der Waals surface area contributed by atoms with Crippen LogP contribution in [0.5, 0.6) is 5.75 Å². The molecule has 0 saturated heterocycles. The highest BCUT2D eigenvalue weighted by Crippen LogP contribution is 2.20. The second kappa shape index (κ2) is 10.4. The van der Waals surface area contributed by atoms with E-state index < -0.39 is 0 Å². The minimum absolute atomic E-state index is 0.107. The zero-order valence-electron chi connectivity index (χ0n) is 18.6. The third-order valence-electron chi connectivity index (χ3n) is 4.97. The number of rotatable bonds is 8. The number of benzene rings is 2. The number of H-pyrrole nitrogens is 1. The third kappa shape index (κ3) is 6.29. The summed E-state index contributed by atoms with van der Waals surface area (Å²) < 4.78 is 5.60. The Morgan fingerprint density at radius 3 is 2.52 bits per heavy atom. The average Bonchev–Trinajstić information content (AvgIpc) is 2.73. The predicted molar refractivity (Wildman–Crippen MR) is 132 cm³/mol. The van der Waals surface area contributed by atoms with Crippen molar-refractivity contribution in [1.82, 2.24) is 14.8 Å². The lowest BCUT2D eigenvalue weighted by Gasteiger charge is -2.27. The first-order chi connectivity index (χ1) is 14.9. The van der Waals surface area contributed by atoms with Crippen molar-refractivity contribution in [3.63, 3.8) is 0 Å². The van der Waals surface area contributed by atoms with Gasteiger partial charge in [0, 0.05) is 35.2 Å². The molecule has 0 saturated carbocycles. The molecule has 0 aliphatic carbocycles. The number of thiocarbonyl (C=S) groups is 1. The Hall–Kier alpha value is -2.90. The molecular weight excluding hydrogens is 408 g/mol. The maximum atomic E-state index is 12.7. The van der Waals surface area contributed by atoms with Crippen molar-refractivity contribution in [3.05, 3.63) is 70.0 Å². The molecule has 6 nitrogen and oxygen atoms in total. The number of ether oxygens (including phenoxy) is 1. The van der Waals surface area contributed by atoms with Gasteiger partial charge in [0.25, 0.3) is 5.56 Å². The van der Waals surface area contributed by atoms with Crippen molar-refractivity contribution in [3.8, 4) is 5.75 Å². The van der Waals surface area contributed by atoms with Crippen LogP contribution in [-0.4, -0.2) is 53.7 Å². The van der Waals surface area contributed by atoms with Gasteiger partial charge in [-0.2, -0.15) is 0 Å². The Bertz CT molecular complexity index is 1090. The maximum Gasteiger partial charge on any atom is 0.253 e. The molecule has 1 aromatic heterocycles. The van der Waals surface area contributed by atoms with E-state index in [1.165, 1.54) is 5.56 Å². The average molecular weight is 439 g/mol. The molecule has 0 aliphatic heterocycles. The molecule has 0 fully saturated rings. The molecule has 7 heteroatoms. The second-order valence-corrected chi connectivity index (χ2v) is 8.21. The lowest BCUT2D eigenvalue weighted by atomic mass is 10.1. The van der Waals surface area contributed by atoms with E-state index in [9.17, 15) is 4.79 Å². The highest BCUT2D eigenvalue weighted by molar-refractivity contribution is 7.80. The van der Waals surface area contributed by atoms with Crippen molar-refractivity contribution in [2.75, 3.05) is 39.1 Å². The van der Waals surface area contributed by atoms with Gasteiger partial charge < -0.3 is 24.8 Å². The van der Waals surface area contributed by atoms with Gasteiger partial charge in [0.1, 0.15) is 5.75 Å². The van der Waals surface area contributed by atoms with E-state index >= 15 is 0 Å². The molecular formula is C24H30N4O2S. The molecule has 2 N–H and O–H groups in total. The van der Waals surface area contributed by atoms with Crippen molar-refractivity contribution in [1.29, 1.82) is 0 Å². The van der Waals surface area contributed by atoms with Gasteiger partial charge in [0.05, 0.1) is 13.2 Å². The summed E-state index contributed by atoms with van der Waals surface area (Å²) in [5.41, 5.74) is 3.46. The van der Waals surface area contributed by atoms with Crippen LogP contribution in [-0.2, 0) is 6.54 Å². The Kier molecular flexibility index (Phi) is 7.65. The summed E-state index contributed by atoms with van der Waals surface area (Å²) in [6.07, 6.45) is 0. The van der Waals surface area contributed by atoms with Gasteiger partial charge >= 0.3 is 0 Å². The largest absolute Gasteiger partial charge is 0.494 e. The summed E-state index contributed by atoms with van der Waals surface area (Å²) >= 11 is 5.70. The van der Waals surface area contributed by atoms with Gasteiger partial charge in [-0.05, 0) is 76.6 Å². The van der Waals surface area contributed by atoms with Gasteiger partial charge in [-0.1, -0.05) is 17.7 Å². The molecule has 0 amide bonds. The van der Waals surface area contributed by atoms with Crippen LogP contribution >= 0.6 is 12.2 Å². The fourth-order valence-electron chi connectivity index (χ4n) is 3.22. The molecule has 0 aliphatic rings. The fraction of sp³-hybridized carbons (Fsp3) is 0.333. The highest BCUT2D eigenvalue weighted by Gasteiger charge is 2.14. The number of hydrogen-bond acceptors (Lipinski definition) is 4. The molecule has 0 spiro atoms. The smallest absolute Gasteiger partial charge is 0.253 e. The Morgan fingerprint density at radius 2 is 1.84 bits per heavy atom. The molecule has 164 valence electrons. The molecule has 1 heterocycles. The van der Waals surface area contributed by atoms with Crippen molar-refractivity contribution >= 4 is 33.9 Å². The summed E-state index contributed by atoms with van der Waals surface area (Å²) in [6, 6.07) is 15.7. The SMILES string of the molecule is CCOc1ccc2[nH]c(=O)c(CN(CCN(C)C)C(=S)Nc3ccc(C)cc3)cc2c1. The van der Waals surface area contributed by atoms with Gasteiger partial charge in [-0.15, -0.1) is 0 Å². The van der Waals surface area contributed by atoms with Gasteiger partial charge in [0.2, 0.25) is 0 Å². The molecule has 3 aromatic rings. The molecule has 0 radical (unpaired) electrons. The number of aromatic amines is 1. The summed E-state index contributed by atoms with van der Waals surface area (Å²) in [5.74, 6) is 0.786. The fourth-order valence-corrected chi connectivity index (χ4v) is 3.50. The zero-order chi connectivity index (χ0) is 22.4. The van der Waals surface area contributed by atoms with Crippen LogP contribution in [0.2, 0.25) is 0 Å². The first kappa shape index (κ1) is 22.8. The lowest BCUT2D eigenvalue weighted by molar-refractivity contribution is 0.327.